The molecule has 0 heterocycles. The van der Waals surface area contributed by atoms with Crippen molar-refractivity contribution in [1.29, 1.82) is 0 Å². The zero-order valence-corrected chi connectivity index (χ0v) is 11.8. The summed E-state index contributed by atoms with van der Waals surface area (Å²) in [7, 11) is 1.62. The first-order valence-electron chi connectivity index (χ1n) is 6.90. The van der Waals surface area contributed by atoms with E-state index >= 15 is 0 Å². The van der Waals surface area contributed by atoms with Crippen LogP contribution in [0.1, 0.15) is 39.0 Å². The van der Waals surface area contributed by atoms with Gasteiger partial charge in [0.15, 0.2) is 0 Å². The van der Waals surface area contributed by atoms with Crippen LogP contribution in [0.15, 0.2) is 11.6 Å². The number of nitrogens with one attached hydrogen (secondary N) is 1. The predicted octanol–water partition coefficient (Wildman–Crippen LogP) is 2.24. The van der Waals surface area contributed by atoms with Crippen molar-refractivity contribution in [1.82, 2.24) is 10.2 Å². The molecule has 5 heteroatoms. The fourth-order valence-electron chi connectivity index (χ4n) is 2.17. The Labute approximate surface area is 114 Å². The van der Waals surface area contributed by atoms with E-state index in [9.17, 15) is 9.59 Å². The van der Waals surface area contributed by atoms with E-state index in [1.807, 2.05) is 0 Å². The zero-order valence-electron chi connectivity index (χ0n) is 11.8. The first kappa shape index (κ1) is 15.5. The molecule has 1 atom stereocenters. The molecule has 1 unspecified atom stereocenters. The minimum atomic E-state index is -0.882. The van der Waals surface area contributed by atoms with Crippen molar-refractivity contribution in [3.8, 4) is 0 Å². The van der Waals surface area contributed by atoms with Gasteiger partial charge in [0.2, 0.25) is 0 Å². The molecule has 0 fully saturated rings. The van der Waals surface area contributed by atoms with Gasteiger partial charge in [-0.05, 0) is 32.1 Å². The van der Waals surface area contributed by atoms with Gasteiger partial charge in [-0.1, -0.05) is 18.6 Å². The number of nitrogens with zero attached hydrogens (tertiary/aromatic N) is 1. The molecule has 0 aliphatic heterocycles. The molecule has 5 nitrogen and oxygen atoms in total. The summed E-state index contributed by atoms with van der Waals surface area (Å²) in [5.41, 5.74) is 1.42. The normalized spacial score (nSPS) is 16.4. The van der Waals surface area contributed by atoms with E-state index in [0.29, 0.717) is 6.54 Å². The Bertz CT molecular complexity index is 353. The maximum atomic E-state index is 11.7. The Morgan fingerprint density at radius 2 is 2.21 bits per heavy atom. The lowest BCUT2D eigenvalue weighted by Gasteiger charge is -2.20. The Morgan fingerprint density at radius 1 is 1.47 bits per heavy atom. The molecule has 2 N–H and O–H groups in total. The SMILES string of the molecule is CC(CN(C)C(=O)NCCC1=CCCCC1)C(=O)O. The molecule has 1 aliphatic rings. The topological polar surface area (TPSA) is 69.6 Å². The molecule has 2 amide bonds. The Kier molecular flexibility index (Phi) is 6.39. The highest BCUT2D eigenvalue weighted by Gasteiger charge is 2.17. The van der Waals surface area contributed by atoms with E-state index in [1.54, 1.807) is 14.0 Å². The van der Waals surface area contributed by atoms with Gasteiger partial charge < -0.3 is 15.3 Å². The lowest BCUT2D eigenvalue weighted by molar-refractivity contribution is -0.141. The van der Waals surface area contributed by atoms with Crippen molar-refractivity contribution < 1.29 is 14.7 Å². The van der Waals surface area contributed by atoms with E-state index in [0.717, 1.165) is 19.3 Å². The van der Waals surface area contributed by atoms with Crippen LogP contribution in [0, 0.1) is 5.92 Å². The number of aliphatic carboxylic acids is 1. The summed E-state index contributed by atoms with van der Waals surface area (Å²) in [6.07, 6.45) is 7.97. The number of hydrogen-bond acceptors (Lipinski definition) is 2. The fourth-order valence-corrected chi connectivity index (χ4v) is 2.17. The monoisotopic (exact) mass is 268 g/mol. The first-order chi connectivity index (χ1) is 9.00. The standard InChI is InChI=1S/C14H24N2O3/c1-11(13(17)18)10-16(2)14(19)15-9-8-12-6-4-3-5-7-12/h6,11H,3-5,7-10H2,1-2H3,(H,15,19)(H,17,18). The molecule has 1 aliphatic carbocycles. The van der Waals surface area contributed by atoms with E-state index < -0.39 is 11.9 Å². The van der Waals surface area contributed by atoms with Crippen LogP contribution in [0.3, 0.4) is 0 Å². The highest BCUT2D eigenvalue weighted by Crippen LogP contribution is 2.19. The van der Waals surface area contributed by atoms with Crippen LogP contribution >= 0.6 is 0 Å². The van der Waals surface area contributed by atoms with Gasteiger partial charge >= 0.3 is 12.0 Å². The van der Waals surface area contributed by atoms with Gasteiger partial charge in [0, 0.05) is 20.1 Å². The Balaban J connectivity index is 2.22. The average Bonchev–Trinajstić information content (AvgIpc) is 2.39. The lowest BCUT2D eigenvalue weighted by atomic mass is 9.97. The van der Waals surface area contributed by atoms with Crippen molar-refractivity contribution in [3.63, 3.8) is 0 Å². The molecular formula is C14H24N2O3. The van der Waals surface area contributed by atoms with Crippen molar-refractivity contribution in [2.75, 3.05) is 20.1 Å². The molecule has 0 bridgehead atoms. The molecule has 0 radical (unpaired) electrons. The van der Waals surface area contributed by atoms with Gasteiger partial charge in [0.05, 0.1) is 5.92 Å². The van der Waals surface area contributed by atoms with Gasteiger partial charge in [-0.25, -0.2) is 4.79 Å². The molecule has 0 aromatic carbocycles. The van der Waals surface area contributed by atoms with Crippen molar-refractivity contribution in [2.45, 2.75) is 39.0 Å². The number of amides is 2. The predicted molar refractivity (Wildman–Crippen MR) is 74.0 cm³/mol. The summed E-state index contributed by atoms with van der Waals surface area (Å²) in [5.74, 6) is -1.43. The molecular weight excluding hydrogens is 244 g/mol. The minimum Gasteiger partial charge on any atom is -0.481 e. The number of allylic oxidation sites excluding steroid dienone is 1. The highest BCUT2D eigenvalue weighted by molar-refractivity contribution is 5.75. The third-order valence-corrected chi connectivity index (χ3v) is 3.42. The highest BCUT2D eigenvalue weighted by atomic mass is 16.4. The molecule has 1 rings (SSSR count). The largest absolute Gasteiger partial charge is 0.481 e. The minimum absolute atomic E-state index is 0.204. The van der Waals surface area contributed by atoms with E-state index in [1.165, 1.54) is 23.3 Å². The van der Waals surface area contributed by atoms with Gasteiger partial charge in [-0.3, -0.25) is 4.79 Å². The van der Waals surface area contributed by atoms with Crippen molar-refractivity contribution in [2.24, 2.45) is 5.92 Å². The molecule has 0 saturated heterocycles. The summed E-state index contributed by atoms with van der Waals surface area (Å²) in [4.78, 5) is 23.9. The average molecular weight is 268 g/mol. The number of rotatable bonds is 6. The summed E-state index contributed by atoms with van der Waals surface area (Å²) in [6.45, 7) is 2.44. The maximum absolute atomic E-state index is 11.7. The second kappa shape index (κ2) is 7.81. The number of carbonyl (C=O) groups excluding carboxylic acids is 1. The smallest absolute Gasteiger partial charge is 0.317 e. The fraction of sp³-hybridized carbons (Fsp3) is 0.714. The first-order valence-corrected chi connectivity index (χ1v) is 6.90. The number of carboxylic acids is 1. The molecule has 0 spiro atoms. The molecule has 0 saturated carbocycles. The van der Waals surface area contributed by atoms with Gasteiger partial charge in [0.25, 0.3) is 0 Å². The van der Waals surface area contributed by atoms with E-state index in [4.69, 9.17) is 5.11 Å². The third kappa shape index (κ3) is 5.77. The Hall–Kier alpha value is -1.52. The van der Waals surface area contributed by atoms with Crippen LogP contribution in [0.5, 0.6) is 0 Å². The van der Waals surface area contributed by atoms with E-state index in [2.05, 4.69) is 11.4 Å². The van der Waals surface area contributed by atoms with Crippen molar-refractivity contribution >= 4 is 12.0 Å². The molecule has 19 heavy (non-hydrogen) atoms. The molecule has 0 aromatic rings. The van der Waals surface area contributed by atoms with Crippen LogP contribution in [-0.2, 0) is 4.79 Å². The summed E-state index contributed by atoms with van der Waals surface area (Å²) in [6, 6.07) is -0.204. The summed E-state index contributed by atoms with van der Waals surface area (Å²) in [5, 5.41) is 11.6. The zero-order chi connectivity index (χ0) is 14.3. The second-order valence-electron chi connectivity index (χ2n) is 5.21. The van der Waals surface area contributed by atoms with Crippen LogP contribution < -0.4 is 5.32 Å². The van der Waals surface area contributed by atoms with E-state index in [-0.39, 0.29) is 12.6 Å². The second-order valence-corrected chi connectivity index (χ2v) is 5.21. The quantitative estimate of drug-likeness (QED) is 0.726. The van der Waals surface area contributed by atoms with Crippen LogP contribution in [0.4, 0.5) is 4.79 Å². The lowest BCUT2D eigenvalue weighted by Crippen LogP contribution is -2.41. The van der Waals surface area contributed by atoms with Crippen LogP contribution in [0.2, 0.25) is 0 Å². The number of carboxylic acid groups (broad SMARTS) is 1. The number of hydrogen-bond donors (Lipinski definition) is 2. The number of urea groups is 1. The van der Waals surface area contributed by atoms with Gasteiger partial charge in [0.1, 0.15) is 0 Å². The molecule has 0 aromatic heterocycles. The van der Waals surface area contributed by atoms with Gasteiger partial charge in [-0.2, -0.15) is 0 Å². The molecule has 108 valence electrons. The number of carbonyl (C=O) groups is 2. The van der Waals surface area contributed by atoms with Crippen LogP contribution in [0.25, 0.3) is 0 Å². The third-order valence-electron chi connectivity index (χ3n) is 3.42. The van der Waals surface area contributed by atoms with Crippen LogP contribution in [-0.4, -0.2) is 42.1 Å². The maximum Gasteiger partial charge on any atom is 0.317 e. The summed E-state index contributed by atoms with van der Waals surface area (Å²) < 4.78 is 0. The Morgan fingerprint density at radius 3 is 2.79 bits per heavy atom. The van der Waals surface area contributed by atoms with Crippen molar-refractivity contribution in [3.05, 3.63) is 11.6 Å². The van der Waals surface area contributed by atoms with Gasteiger partial charge in [-0.15, -0.1) is 0 Å². The summed E-state index contributed by atoms with van der Waals surface area (Å²) >= 11 is 0.